The average Bonchev–Trinajstić information content (AvgIpc) is 2.34. The molecule has 5 heteroatoms. The highest BCUT2D eigenvalue weighted by Gasteiger charge is 2.51. The molecule has 3 nitrogen and oxygen atoms in total. The zero-order valence-corrected chi connectivity index (χ0v) is 12.2. The molecule has 2 rings (SSSR count). The second-order valence-corrected chi connectivity index (χ2v) is 6.32. The standard InChI is InChI=1S/C12H17BBrNO2/c1-11(2)12(3,4)17-13(16-11)8-5-9(14)7-10(15)6-8/h5-7H,15H2,1-4H3. The lowest BCUT2D eigenvalue weighted by atomic mass is 9.79. The molecule has 0 unspecified atom stereocenters. The Hall–Kier alpha value is -0.515. The first kappa shape index (κ1) is 12.9. The van der Waals surface area contributed by atoms with Gasteiger partial charge in [-0.25, -0.2) is 0 Å². The van der Waals surface area contributed by atoms with E-state index in [0.717, 1.165) is 9.94 Å². The third-order valence-electron chi connectivity index (χ3n) is 3.47. The number of halogens is 1. The van der Waals surface area contributed by atoms with Crippen LogP contribution in [0.5, 0.6) is 0 Å². The normalized spacial score (nSPS) is 21.8. The Balaban J connectivity index is 2.32. The van der Waals surface area contributed by atoms with Crippen LogP contribution in [0.3, 0.4) is 0 Å². The van der Waals surface area contributed by atoms with E-state index in [0.29, 0.717) is 5.69 Å². The highest BCUT2D eigenvalue weighted by atomic mass is 79.9. The number of rotatable bonds is 1. The van der Waals surface area contributed by atoms with Gasteiger partial charge in [-0.15, -0.1) is 0 Å². The topological polar surface area (TPSA) is 44.5 Å². The van der Waals surface area contributed by atoms with Gasteiger partial charge in [-0.05, 0) is 51.4 Å². The average molecular weight is 298 g/mol. The minimum absolute atomic E-state index is 0.325. The van der Waals surface area contributed by atoms with Gasteiger partial charge in [-0.3, -0.25) is 0 Å². The summed E-state index contributed by atoms with van der Waals surface area (Å²) in [5.41, 5.74) is 6.81. The molecule has 0 aromatic heterocycles. The Morgan fingerprint density at radius 3 is 2.06 bits per heavy atom. The van der Waals surface area contributed by atoms with Crippen LogP contribution in [-0.2, 0) is 9.31 Å². The van der Waals surface area contributed by atoms with Gasteiger partial charge in [0.15, 0.2) is 0 Å². The van der Waals surface area contributed by atoms with E-state index in [1.165, 1.54) is 0 Å². The predicted molar refractivity (Wildman–Crippen MR) is 74.3 cm³/mol. The van der Waals surface area contributed by atoms with Crippen LogP contribution < -0.4 is 11.2 Å². The van der Waals surface area contributed by atoms with Gasteiger partial charge in [0.25, 0.3) is 0 Å². The van der Waals surface area contributed by atoms with Crippen LogP contribution in [0.4, 0.5) is 5.69 Å². The summed E-state index contributed by atoms with van der Waals surface area (Å²) in [7, 11) is -0.361. The van der Waals surface area contributed by atoms with E-state index in [1.54, 1.807) is 0 Å². The van der Waals surface area contributed by atoms with Crippen molar-refractivity contribution in [3.63, 3.8) is 0 Å². The highest BCUT2D eigenvalue weighted by molar-refractivity contribution is 9.10. The lowest BCUT2D eigenvalue weighted by Gasteiger charge is -2.32. The smallest absolute Gasteiger partial charge is 0.399 e. The first-order valence-corrected chi connectivity index (χ1v) is 6.42. The van der Waals surface area contributed by atoms with Crippen molar-refractivity contribution < 1.29 is 9.31 Å². The van der Waals surface area contributed by atoms with Crippen molar-refractivity contribution >= 4 is 34.2 Å². The van der Waals surface area contributed by atoms with Crippen LogP contribution in [0, 0.1) is 0 Å². The Bertz CT molecular complexity index is 412. The molecule has 0 radical (unpaired) electrons. The fourth-order valence-electron chi connectivity index (χ4n) is 1.75. The molecule has 1 aromatic rings. The summed E-state index contributed by atoms with van der Waals surface area (Å²) in [5, 5.41) is 0. The Kier molecular flexibility index (Phi) is 3.05. The van der Waals surface area contributed by atoms with Gasteiger partial charge in [0, 0.05) is 10.2 Å². The van der Waals surface area contributed by atoms with Gasteiger partial charge in [-0.1, -0.05) is 15.9 Å². The Morgan fingerprint density at radius 2 is 1.59 bits per heavy atom. The molecule has 1 fully saturated rings. The van der Waals surface area contributed by atoms with Crippen LogP contribution in [0.15, 0.2) is 22.7 Å². The van der Waals surface area contributed by atoms with Gasteiger partial charge in [0.2, 0.25) is 0 Å². The zero-order chi connectivity index (χ0) is 12.8. The molecule has 17 heavy (non-hydrogen) atoms. The molecule has 0 saturated carbocycles. The van der Waals surface area contributed by atoms with Crippen molar-refractivity contribution in [2.45, 2.75) is 38.9 Å². The minimum Gasteiger partial charge on any atom is -0.399 e. The molecule has 1 aromatic carbocycles. The van der Waals surface area contributed by atoms with Gasteiger partial charge in [0.05, 0.1) is 11.2 Å². The Morgan fingerprint density at radius 1 is 1.06 bits per heavy atom. The summed E-state index contributed by atoms with van der Waals surface area (Å²) in [6.07, 6.45) is 0. The maximum absolute atomic E-state index is 5.96. The quantitative estimate of drug-likeness (QED) is 0.639. The van der Waals surface area contributed by atoms with Crippen molar-refractivity contribution in [2.75, 3.05) is 5.73 Å². The number of hydrogen-bond acceptors (Lipinski definition) is 3. The summed E-state index contributed by atoms with van der Waals surface area (Å²) in [5.74, 6) is 0. The number of anilines is 1. The summed E-state index contributed by atoms with van der Waals surface area (Å²) in [4.78, 5) is 0. The fraction of sp³-hybridized carbons (Fsp3) is 0.500. The van der Waals surface area contributed by atoms with E-state index in [-0.39, 0.29) is 18.3 Å². The van der Waals surface area contributed by atoms with Crippen LogP contribution in [0.25, 0.3) is 0 Å². The molecule has 0 aliphatic carbocycles. The lowest BCUT2D eigenvalue weighted by Crippen LogP contribution is -2.41. The second-order valence-electron chi connectivity index (χ2n) is 5.41. The SMILES string of the molecule is CC1(C)OB(c2cc(N)cc(Br)c2)OC1(C)C. The largest absolute Gasteiger partial charge is 0.494 e. The first-order chi connectivity index (χ1) is 7.71. The summed E-state index contributed by atoms with van der Waals surface area (Å²) in [6, 6.07) is 5.71. The molecule has 92 valence electrons. The minimum atomic E-state index is -0.361. The van der Waals surface area contributed by atoms with E-state index in [4.69, 9.17) is 15.0 Å². The zero-order valence-electron chi connectivity index (χ0n) is 10.6. The summed E-state index contributed by atoms with van der Waals surface area (Å²) < 4.78 is 12.9. The highest BCUT2D eigenvalue weighted by Crippen LogP contribution is 2.36. The van der Waals surface area contributed by atoms with Crippen LogP contribution in [-0.4, -0.2) is 18.3 Å². The molecular formula is C12H17BBrNO2. The van der Waals surface area contributed by atoms with Gasteiger partial charge < -0.3 is 15.0 Å². The first-order valence-electron chi connectivity index (χ1n) is 5.63. The summed E-state index contributed by atoms with van der Waals surface area (Å²) >= 11 is 3.43. The molecule has 1 saturated heterocycles. The van der Waals surface area contributed by atoms with Gasteiger partial charge in [0.1, 0.15) is 0 Å². The van der Waals surface area contributed by atoms with Crippen molar-refractivity contribution in [3.8, 4) is 0 Å². The fourth-order valence-corrected chi connectivity index (χ4v) is 2.28. The van der Waals surface area contributed by atoms with E-state index in [1.807, 2.05) is 45.9 Å². The van der Waals surface area contributed by atoms with Crippen molar-refractivity contribution in [2.24, 2.45) is 0 Å². The monoisotopic (exact) mass is 297 g/mol. The molecule has 0 bridgehead atoms. The number of hydrogen-bond donors (Lipinski definition) is 1. The molecule has 0 spiro atoms. The number of nitrogens with two attached hydrogens (primary N) is 1. The molecule has 0 atom stereocenters. The Labute approximate surface area is 111 Å². The molecule has 2 N–H and O–H groups in total. The van der Waals surface area contributed by atoms with Crippen LogP contribution in [0.2, 0.25) is 0 Å². The number of benzene rings is 1. The predicted octanol–water partition coefficient (Wildman–Crippen LogP) is 2.33. The number of nitrogen functional groups attached to an aromatic ring is 1. The second kappa shape index (κ2) is 4.00. The summed E-state index contributed by atoms with van der Waals surface area (Å²) in [6.45, 7) is 8.14. The van der Waals surface area contributed by atoms with Gasteiger partial charge in [-0.2, -0.15) is 0 Å². The van der Waals surface area contributed by atoms with Crippen molar-refractivity contribution in [1.82, 2.24) is 0 Å². The molecule has 1 aliphatic heterocycles. The van der Waals surface area contributed by atoms with E-state index in [9.17, 15) is 0 Å². The van der Waals surface area contributed by atoms with Crippen LogP contribution >= 0.6 is 15.9 Å². The van der Waals surface area contributed by atoms with Gasteiger partial charge >= 0.3 is 7.12 Å². The third-order valence-corrected chi connectivity index (χ3v) is 3.93. The third kappa shape index (κ3) is 2.37. The lowest BCUT2D eigenvalue weighted by molar-refractivity contribution is 0.00578. The maximum atomic E-state index is 5.96. The van der Waals surface area contributed by atoms with Crippen molar-refractivity contribution in [1.29, 1.82) is 0 Å². The molecular weight excluding hydrogens is 281 g/mol. The van der Waals surface area contributed by atoms with Crippen molar-refractivity contribution in [3.05, 3.63) is 22.7 Å². The molecule has 1 heterocycles. The van der Waals surface area contributed by atoms with Crippen LogP contribution in [0.1, 0.15) is 27.7 Å². The van der Waals surface area contributed by atoms with E-state index >= 15 is 0 Å². The van der Waals surface area contributed by atoms with E-state index in [2.05, 4.69) is 15.9 Å². The van der Waals surface area contributed by atoms with E-state index < -0.39 is 0 Å². The maximum Gasteiger partial charge on any atom is 0.494 e. The molecule has 0 amide bonds. The molecule has 1 aliphatic rings.